The minimum absolute atomic E-state index is 0.0577. The first-order valence-corrected chi connectivity index (χ1v) is 5.84. The zero-order chi connectivity index (χ0) is 11.9. The van der Waals surface area contributed by atoms with E-state index in [9.17, 15) is 9.59 Å². The third kappa shape index (κ3) is 0.753. The predicted octanol–water partition coefficient (Wildman–Crippen LogP) is 1.58. The Labute approximate surface area is 94.8 Å². The Morgan fingerprint density at radius 1 is 1.25 bits per heavy atom. The topological polar surface area (TPSA) is 57.9 Å². The molecule has 0 aromatic rings. The van der Waals surface area contributed by atoms with Gasteiger partial charge >= 0.3 is 0 Å². The second-order valence-corrected chi connectivity index (χ2v) is 6.30. The highest BCUT2D eigenvalue weighted by Crippen LogP contribution is 2.71. The lowest BCUT2D eigenvalue weighted by atomic mass is 9.48. The van der Waals surface area contributed by atoms with E-state index in [1.54, 1.807) is 0 Å². The van der Waals surface area contributed by atoms with Gasteiger partial charge in [0.05, 0.1) is 17.4 Å². The van der Waals surface area contributed by atoms with E-state index < -0.39 is 5.41 Å². The number of carbonyl (C=O) groups excluding carboxylic acids is 2. The monoisotopic (exact) mass is 217 g/mol. The molecule has 0 unspecified atom stereocenters. The quantitative estimate of drug-likeness (QED) is 0.619. The molecule has 5 atom stereocenters. The number of carbonyl (C=O) groups is 2. The normalized spacial score (nSPS) is 52.1. The molecule has 0 aromatic carbocycles. The first kappa shape index (κ1) is 10.0. The maximum Gasteiger partial charge on any atom is 0.145 e. The van der Waals surface area contributed by atoms with E-state index in [0.29, 0.717) is 6.42 Å². The van der Waals surface area contributed by atoms with Crippen molar-refractivity contribution in [1.82, 2.24) is 0 Å². The molecule has 0 spiro atoms. The van der Waals surface area contributed by atoms with Crippen LogP contribution in [-0.2, 0) is 9.59 Å². The highest BCUT2D eigenvalue weighted by Gasteiger charge is 2.77. The minimum Gasteiger partial charge on any atom is -0.299 e. The van der Waals surface area contributed by atoms with E-state index in [4.69, 9.17) is 5.26 Å². The van der Waals surface area contributed by atoms with Gasteiger partial charge in [-0.1, -0.05) is 20.8 Å². The molecule has 3 heteroatoms. The van der Waals surface area contributed by atoms with E-state index in [1.807, 2.05) is 20.8 Å². The number of nitrogens with zero attached hydrogens (tertiary/aromatic N) is 1. The Bertz CT molecular complexity index is 459. The number of hydrogen-bond donors (Lipinski definition) is 0. The highest BCUT2D eigenvalue weighted by atomic mass is 16.1. The number of hydrogen-bond acceptors (Lipinski definition) is 3. The lowest BCUT2D eigenvalue weighted by molar-refractivity contribution is -0.159. The van der Waals surface area contributed by atoms with E-state index in [-0.39, 0.29) is 40.7 Å². The maximum absolute atomic E-state index is 12.4. The van der Waals surface area contributed by atoms with Crippen LogP contribution in [0.1, 0.15) is 27.2 Å². The van der Waals surface area contributed by atoms with Crippen LogP contribution in [0.3, 0.4) is 0 Å². The van der Waals surface area contributed by atoms with Crippen LogP contribution < -0.4 is 0 Å². The van der Waals surface area contributed by atoms with Crippen molar-refractivity contribution in [2.24, 2.45) is 34.5 Å². The van der Waals surface area contributed by atoms with Gasteiger partial charge in [0.15, 0.2) is 0 Å². The summed E-state index contributed by atoms with van der Waals surface area (Å²) in [7, 11) is 0. The lowest BCUT2D eigenvalue weighted by Crippen LogP contribution is -2.58. The van der Waals surface area contributed by atoms with Crippen LogP contribution in [0.25, 0.3) is 0 Å². The van der Waals surface area contributed by atoms with Gasteiger partial charge in [0.25, 0.3) is 0 Å². The summed E-state index contributed by atoms with van der Waals surface area (Å²) in [5, 5.41) is 9.01. The van der Waals surface area contributed by atoms with Gasteiger partial charge in [0.2, 0.25) is 0 Å². The van der Waals surface area contributed by atoms with Crippen molar-refractivity contribution >= 4 is 11.6 Å². The smallest absolute Gasteiger partial charge is 0.145 e. The second-order valence-electron chi connectivity index (χ2n) is 6.30. The van der Waals surface area contributed by atoms with Gasteiger partial charge < -0.3 is 0 Å². The van der Waals surface area contributed by atoms with E-state index in [0.717, 1.165) is 0 Å². The Morgan fingerprint density at radius 2 is 1.88 bits per heavy atom. The molecular formula is C13H15NO2. The number of ketones is 2. The van der Waals surface area contributed by atoms with E-state index in [1.165, 1.54) is 0 Å². The molecule has 3 rings (SSSR count). The summed E-state index contributed by atoms with van der Waals surface area (Å²) in [6, 6.07) is 2.19. The highest BCUT2D eigenvalue weighted by molar-refractivity contribution is 6.08. The lowest BCUT2D eigenvalue weighted by Gasteiger charge is -2.51. The van der Waals surface area contributed by atoms with Crippen LogP contribution in [-0.4, -0.2) is 11.6 Å². The summed E-state index contributed by atoms with van der Waals surface area (Å²) in [5.74, 6) is -0.178. The Balaban J connectivity index is 2.05. The molecule has 0 amide bonds. The van der Waals surface area contributed by atoms with Gasteiger partial charge in [-0.2, -0.15) is 5.26 Å². The van der Waals surface area contributed by atoms with Gasteiger partial charge in [-0.05, 0) is 11.8 Å². The minimum atomic E-state index is -0.666. The molecule has 0 saturated heterocycles. The van der Waals surface area contributed by atoms with Crippen LogP contribution >= 0.6 is 0 Å². The van der Waals surface area contributed by atoms with Crippen molar-refractivity contribution in [3.05, 3.63) is 0 Å². The molecule has 3 fully saturated rings. The van der Waals surface area contributed by atoms with Crippen molar-refractivity contribution < 1.29 is 9.59 Å². The fraction of sp³-hybridized carbons (Fsp3) is 0.769. The van der Waals surface area contributed by atoms with E-state index >= 15 is 0 Å². The van der Waals surface area contributed by atoms with Gasteiger partial charge in [-0.3, -0.25) is 9.59 Å². The molecule has 3 aliphatic carbocycles. The summed E-state index contributed by atoms with van der Waals surface area (Å²) < 4.78 is 0. The average Bonchev–Trinajstić information content (AvgIpc) is 2.76. The number of Topliss-reactive ketones (excluding diaryl/α,β-unsaturated/α-hetero) is 2. The SMILES string of the molecule is CC1(C)[C@@H]2C(=O)[C@H]3C[C@H](C#N)[C@@]3(C)C(=O)[C@@H]21. The molecular weight excluding hydrogens is 202 g/mol. The molecule has 3 saturated carbocycles. The Hall–Kier alpha value is -1.17. The molecule has 84 valence electrons. The third-order valence-corrected chi connectivity index (χ3v) is 5.37. The molecule has 0 aliphatic heterocycles. The van der Waals surface area contributed by atoms with E-state index in [2.05, 4.69) is 6.07 Å². The maximum atomic E-state index is 12.4. The fourth-order valence-electron chi connectivity index (χ4n) is 3.96. The largest absolute Gasteiger partial charge is 0.299 e. The molecule has 16 heavy (non-hydrogen) atoms. The van der Waals surface area contributed by atoms with Crippen molar-refractivity contribution in [2.45, 2.75) is 27.2 Å². The molecule has 0 aromatic heterocycles. The van der Waals surface area contributed by atoms with Crippen molar-refractivity contribution in [2.75, 3.05) is 0 Å². The summed E-state index contributed by atoms with van der Waals surface area (Å²) in [5.41, 5.74) is -0.824. The molecule has 3 nitrogen and oxygen atoms in total. The first-order chi connectivity index (χ1) is 7.36. The second kappa shape index (κ2) is 2.40. The standard InChI is InChI=1S/C13H15NO2/c1-12(2)8-9(12)11(16)13(3)6(5-14)4-7(13)10(8)15/h6-9H,4H2,1-3H3/t6-,7-,8+,9-,13-/m1/s1. The molecule has 0 bridgehead atoms. The molecule has 0 heterocycles. The van der Waals surface area contributed by atoms with Crippen molar-refractivity contribution in [1.29, 1.82) is 5.26 Å². The number of fused-ring (bicyclic) bond motifs is 2. The Morgan fingerprint density at radius 3 is 2.44 bits per heavy atom. The third-order valence-electron chi connectivity index (χ3n) is 5.37. The van der Waals surface area contributed by atoms with Crippen LogP contribution in [0.15, 0.2) is 0 Å². The van der Waals surface area contributed by atoms with Gasteiger partial charge in [0.1, 0.15) is 11.6 Å². The van der Waals surface area contributed by atoms with Crippen LogP contribution in [0.5, 0.6) is 0 Å². The summed E-state index contributed by atoms with van der Waals surface area (Å²) >= 11 is 0. The zero-order valence-electron chi connectivity index (χ0n) is 9.78. The van der Waals surface area contributed by atoms with Crippen LogP contribution in [0.2, 0.25) is 0 Å². The summed E-state index contributed by atoms with van der Waals surface area (Å²) in [4.78, 5) is 24.6. The van der Waals surface area contributed by atoms with Gasteiger partial charge in [-0.15, -0.1) is 0 Å². The Kier molecular flexibility index (Phi) is 1.50. The molecule has 0 radical (unpaired) electrons. The molecule has 0 N–H and O–H groups in total. The first-order valence-electron chi connectivity index (χ1n) is 5.84. The van der Waals surface area contributed by atoms with Gasteiger partial charge in [0, 0.05) is 17.8 Å². The fourth-order valence-corrected chi connectivity index (χ4v) is 3.96. The van der Waals surface area contributed by atoms with Crippen LogP contribution in [0.4, 0.5) is 0 Å². The summed E-state index contributed by atoms with van der Waals surface area (Å²) in [6.07, 6.45) is 0.594. The number of nitriles is 1. The predicted molar refractivity (Wildman–Crippen MR) is 56.1 cm³/mol. The van der Waals surface area contributed by atoms with Gasteiger partial charge in [-0.25, -0.2) is 0 Å². The number of rotatable bonds is 0. The summed E-state index contributed by atoms with van der Waals surface area (Å²) in [6.45, 7) is 5.81. The zero-order valence-corrected chi connectivity index (χ0v) is 9.78. The molecule has 3 aliphatic rings. The average molecular weight is 217 g/mol. The van der Waals surface area contributed by atoms with Crippen molar-refractivity contribution in [3.63, 3.8) is 0 Å². The van der Waals surface area contributed by atoms with Crippen molar-refractivity contribution in [3.8, 4) is 6.07 Å². The van der Waals surface area contributed by atoms with Crippen LogP contribution in [0, 0.1) is 45.8 Å².